The van der Waals surface area contributed by atoms with Gasteiger partial charge in [0.25, 0.3) is 5.91 Å². The standard InChI is InChI=1S/C32H34N6O/c1-23-17-24(2)29(32(39)38-12-11-28(22-38)35-30-9-5-3-7-25(30)19-33)18-27(23)21-36-13-15-37(16-14-36)31-10-6-4-8-26(31)20-34/h3-10,17-18,28,35H,11-16,21-22H2,1-2H3/t28-/m0/s1. The summed E-state index contributed by atoms with van der Waals surface area (Å²) in [6, 6.07) is 24.2. The molecule has 0 unspecified atom stereocenters. The summed E-state index contributed by atoms with van der Waals surface area (Å²) >= 11 is 0. The average molecular weight is 519 g/mol. The van der Waals surface area contributed by atoms with E-state index in [1.54, 1.807) is 0 Å². The van der Waals surface area contributed by atoms with Crippen molar-refractivity contribution in [1.29, 1.82) is 10.5 Å². The van der Waals surface area contributed by atoms with Crippen LogP contribution in [0, 0.1) is 36.5 Å². The molecule has 39 heavy (non-hydrogen) atoms. The van der Waals surface area contributed by atoms with Crippen molar-refractivity contribution in [2.45, 2.75) is 32.9 Å². The maximum absolute atomic E-state index is 13.6. The Balaban J connectivity index is 1.23. The summed E-state index contributed by atoms with van der Waals surface area (Å²) in [6.07, 6.45) is 0.850. The third-order valence-corrected chi connectivity index (χ3v) is 7.93. The molecule has 198 valence electrons. The fourth-order valence-corrected chi connectivity index (χ4v) is 5.69. The van der Waals surface area contributed by atoms with Crippen LogP contribution in [0.2, 0.25) is 0 Å². The van der Waals surface area contributed by atoms with Gasteiger partial charge in [0.2, 0.25) is 0 Å². The van der Waals surface area contributed by atoms with Crippen molar-refractivity contribution in [1.82, 2.24) is 9.80 Å². The van der Waals surface area contributed by atoms with Crippen molar-refractivity contribution < 1.29 is 4.79 Å². The molecule has 1 N–H and O–H groups in total. The van der Waals surface area contributed by atoms with Gasteiger partial charge in [0.15, 0.2) is 0 Å². The zero-order valence-electron chi connectivity index (χ0n) is 22.7. The van der Waals surface area contributed by atoms with Gasteiger partial charge in [-0.1, -0.05) is 30.3 Å². The molecule has 0 aliphatic carbocycles. The van der Waals surface area contributed by atoms with E-state index in [1.807, 2.05) is 60.4 Å². The number of piperazine rings is 1. The summed E-state index contributed by atoms with van der Waals surface area (Å²) in [5, 5.41) is 22.3. The summed E-state index contributed by atoms with van der Waals surface area (Å²) in [6.45, 7) is 9.80. The van der Waals surface area contributed by atoms with Crippen molar-refractivity contribution in [2.24, 2.45) is 0 Å². The van der Waals surface area contributed by atoms with E-state index in [2.05, 4.69) is 46.3 Å². The number of anilines is 2. The number of nitrogens with zero attached hydrogens (tertiary/aromatic N) is 5. The lowest BCUT2D eigenvalue weighted by molar-refractivity contribution is 0.0790. The second kappa shape index (κ2) is 11.6. The zero-order chi connectivity index (χ0) is 27.4. The largest absolute Gasteiger partial charge is 0.379 e. The highest BCUT2D eigenvalue weighted by Crippen LogP contribution is 2.25. The molecule has 2 heterocycles. The average Bonchev–Trinajstić information content (AvgIpc) is 3.43. The molecule has 0 spiro atoms. The normalized spacial score (nSPS) is 17.5. The first-order valence-corrected chi connectivity index (χ1v) is 13.6. The van der Waals surface area contributed by atoms with Gasteiger partial charge in [0.1, 0.15) is 12.1 Å². The molecule has 0 saturated carbocycles. The van der Waals surface area contributed by atoms with E-state index in [-0.39, 0.29) is 11.9 Å². The van der Waals surface area contributed by atoms with Gasteiger partial charge in [-0.15, -0.1) is 0 Å². The van der Waals surface area contributed by atoms with Gasteiger partial charge < -0.3 is 15.1 Å². The molecule has 0 aromatic heterocycles. The Morgan fingerprint density at radius 3 is 2.33 bits per heavy atom. The smallest absolute Gasteiger partial charge is 0.254 e. The molecule has 0 radical (unpaired) electrons. The SMILES string of the molecule is Cc1cc(C)c(C(=O)N2CC[C@H](Nc3ccccc3C#N)C2)cc1CN1CCN(c2ccccc2C#N)CC1. The van der Waals surface area contributed by atoms with Crippen LogP contribution in [0.5, 0.6) is 0 Å². The van der Waals surface area contributed by atoms with Gasteiger partial charge in [-0.3, -0.25) is 9.69 Å². The highest BCUT2D eigenvalue weighted by molar-refractivity contribution is 5.96. The first kappa shape index (κ1) is 26.3. The Labute approximate surface area is 230 Å². The molecule has 1 amide bonds. The zero-order valence-corrected chi connectivity index (χ0v) is 22.7. The molecule has 2 saturated heterocycles. The Kier molecular flexibility index (Phi) is 7.81. The van der Waals surface area contributed by atoms with Crippen LogP contribution in [-0.2, 0) is 6.54 Å². The molecule has 7 heteroatoms. The van der Waals surface area contributed by atoms with Crippen molar-refractivity contribution in [3.63, 3.8) is 0 Å². The molecular formula is C32H34N6O. The van der Waals surface area contributed by atoms with E-state index in [9.17, 15) is 15.3 Å². The van der Waals surface area contributed by atoms with Gasteiger partial charge in [-0.05, 0) is 67.3 Å². The van der Waals surface area contributed by atoms with E-state index in [0.717, 1.165) is 67.2 Å². The molecule has 3 aromatic carbocycles. The molecule has 2 aliphatic rings. The van der Waals surface area contributed by atoms with Crippen LogP contribution in [0.3, 0.4) is 0 Å². The third-order valence-electron chi connectivity index (χ3n) is 7.93. The highest BCUT2D eigenvalue weighted by atomic mass is 16.2. The first-order valence-electron chi connectivity index (χ1n) is 13.6. The number of rotatable bonds is 6. The summed E-state index contributed by atoms with van der Waals surface area (Å²) in [5.74, 6) is 0.0737. The number of benzene rings is 3. The minimum Gasteiger partial charge on any atom is -0.379 e. The molecule has 1 atom stereocenters. The van der Waals surface area contributed by atoms with E-state index < -0.39 is 0 Å². The molecule has 7 nitrogen and oxygen atoms in total. The van der Waals surface area contributed by atoms with Crippen LogP contribution < -0.4 is 10.2 Å². The van der Waals surface area contributed by atoms with Gasteiger partial charge >= 0.3 is 0 Å². The van der Waals surface area contributed by atoms with Crippen LogP contribution >= 0.6 is 0 Å². The summed E-state index contributed by atoms with van der Waals surface area (Å²) in [7, 11) is 0. The Morgan fingerprint density at radius 1 is 0.897 bits per heavy atom. The maximum Gasteiger partial charge on any atom is 0.254 e. The van der Waals surface area contributed by atoms with Gasteiger partial charge in [-0.2, -0.15) is 10.5 Å². The maximum atomic E-state index is 13.6. The van der Waals surface area contributed by atoms with Gasteiger partial charge in [-0.25, -0.2) is 0 Å². The van der Waals surface area contributed by atoms with Crippen LogP contribution in [-0.4, -0.2) is 61.0 Å². The topological polar surface area (TPSA) is 86.4 Å². The minimum atomic E-state index is 0.0737. The van der Waals surface area contributed by atoms with Crippen molar-refractivity contribution in [3.8, 4) is 12.1 Å². The number of nitrogens with one attached hydrogen (secondary N) is 1. The molecule has 3 aromatic rings. The quantitative estimate of drug-likeness (QED) is 0.509. The number of carbonyl (C=O) groups is 1. The van der Waals surface area contributed by atoms with Crippen molar-refractivity contribution in [2.75, 3.05) is 49.5 Å². The van der Waals surface area contributed by atoms with Crippen LogP contribution in [0.25, 0.3) is 0 Å². The summed E-state index contributed by atoms with van der Waals surface area (Å²) in [5.41, 5.74) is 7.34. The third kappa shape index (κ3) is 5.74. The number of aryl methyl sites for hydroxylation is 2. The van der Waals surface area contributed by atoms with E-state index in [1.165, 1.54) is 11.1 Å². The number of hydrogen-bond donors (Lipinski definition) is 1. The number of likely N-dealkylation sites (tertiary alicyclic amines) is 1. The van der Waals surface area contributed by atoms with Crippen LogP contribution in [0.15, 0.2) is 60.7 Å². The van der Waals surface area contributed by atoms with Crippen molar-refractivity contribution in [3.05, 3.63) is 94.0 Å². The molecule has 2 fully saturated rings. The predicted molar refractivity (Wildman–Crippen MR) is 154 cm³/mol. The molecule has 5 rings (SSSR count). The molecule has 2 aliphatic heterocycles. The van der Waals surface area contributed by atoms with Gasteiger partial charge in [0, 0.05) is 57.4 Å². The fourth-order valence-electron chi connectivity index (χ4n) is 5.69. The van der Waals surface area contributed by atoms with E-state index in [0.29, 0.717) is 18.7 Å². The Bertz CT molecular complexity index is 1440. The first-order chi connectivity index (χ1) is 19.0. The number of nitriles is 2. The lowest BCUT2D eigenvalue weighted by Gasteiger charge is -2.36. The van der Waals surface area contributed by atoms with Crippen LogP contribution in [0.1, 0.15) is 44.6 Å². The highest BCUT2D eigenvalue weighted by Gasteiger charge is 2.29. The number of carbonyl (C=O) groups excluding carboxylic acids is 1. The van der Waals surface area contributed by atoms with E-state index >= 15 is 0 Å². The summed E-state index contributed by atoms with van der Waals surface area (Å²) in [4.78, 5) is 20.3. The predicted octanol–water partition coefficient (Wildman–Crippen LogP) is 4.70. The number of hydrogen-bond acceptors (Lipinski definition) is 6. The van der Waals surface area contributed by atoms with Crippen LogP contribution in [0.4, 0.5) is 11.4 Å². The minimum absolute atomic E-state index is 0.0737. The van der Waals surface area contributed by atoms with Gasteiger partial charge in [0.05, 0.1) is 22.5 Å². The second-order valence-electron chi connectivity index (χ2n) is 10.5. The Hall–Kier alpha value is -4.33. The van der Waals surface area contributed by atoms with E-state index in [4.69, 9.17) is 0 Å². The second-order valence-corrected chi connectivity index (χ2v) is 10.5. The number of para-hydroxylation sites is 2. The molecule has 0 bridgehead atoms. The molecular weight excluding hydrogens is 484 g/mol. The lowest BCUT2D eigenvalue weighted by atomic mass is 9.98. The number of amides is 1. The Morgan fingerprint density at radius 2 is 1.59 bits per heavy atom. The van der Waals surface area contributed by atoms with Crippen molar-refractivity contribution >= 4 is 17.3 Å². The lowest BCUT2D eigenvalue weighted by Crippen LogP contribution is -2.46. The summed E-state index contributed by atoms with van der Waals surface area (Å²) < 4.78 is 0. The monoisotopic (exact) mass is 518 g/mol. The fraction of sp³-hybridized carbons (Fsp3) is 0.344.